The quantitative estimate of drug-likeness (QED) is 0.501. The number of amides is 1. The van der Waals surface area contributed by atoms with Crippen molar-refractivity contribution in [3.8, 4) is 5.75 Å². The second-order valence-corrected chi connectivity index (χ2v) is 12.2. The molecule has 11 heteroatoms. The summed E-state index contributed by atoms with van der Waals surface area (Å²) in [5.74, 6) is -0.187. The van der Waals surface area contributed by atoms with Gasteiger partial charge in [-0.15, -0.1) is 0 Å². The number of aromatic nitrogens is 3. The molecule has 0 unspecified atom stereocenters. The maximum Gasteiger partial charge on any atom is 0.260 e. The molecule has 0 spiro atoms. The zero-order chi connectivity index (χ0) is 25.7. The molecule has 1 saturated heterocycles. The summed E-state index contributed by atoms with van der Waals surface area (Å²) in [6, 6.07) is 1.53. The van der Waals surface area contributed by atoms with E-state index in [0.29, 0.717) is 58.0 Å². The van der Waals surface area contributed by atoms with Crippen molar-refractivity contribution >= 4 is 39.1 Å². The van der Waals surface area contributed by atoms with Gasteiger partial charge >= 0.3 is 0 Å². The van der Waals surface area contributed by atoms with E-state index in [1.807, 2.05) is 32.1 Å². The normalized spacial score (nSPS) is 18.3. The first kappa shape index (κ1) is 25.4. The Bertz CT molecular complexity index is 1300. The van der Waals surface area contributed by atoms with E-state index in [-0.39, 0.29) is 29.0 Å². The van der Waals surface area contributed by atoms with E-state index in [0.717, 1.165) is 0 Å². The summed E-state index contributed by atoms with van der Waals surface area (Å²) in [6.45, 7) is 8.03. The monoisotopic (exact) mass is 519 g/mol. The minimum absolute atomic E-state index is 0.135. The molecule has 3 N–H and O–H groups in total. The fourth-order valence-corrected chi connectivity index (χ4v) is 5.65. The zero-order valence-corrected chi connectivity index (χ0v) is 23.4. The summed E-state index contributed by atoms with van der Waals surface area (Å²) in [6.07, 6.45) is 3.65. The van der Waals surface area contributed by atoms with E-state index in [1.165, 1.54) is 11.0 Å². The van der Waals surface area contributed by atoms with Crippen molar-refractivity contribution in [2.75, 3.05) is 18.8 Å². The second-order valence-electron chi connectivity index (χ2n) is 9.81. The van der Waals surface area contributed by atoms with Crippen LogP contribution in [0.3, 0.4) is 0 Å². The Morgan fingerprint density at radius 2 is 2.17 bits per heavy atom. The van der Waals surface area contributed by atoms with Crippen LogP contribution in [-0.2, 0) is 5.04 Å². The van der Waals surface area contributed by atoms with Gasteiger partial charge in [0.1, 0.15) is 28.5 Å². The molecule has 0 bridgehead atoms. The topological polar surface area (TPSA) is 106 Å². The zero-order valence-electron chi connectivity index (χ0n) is 20.6. The van der Waals surface area contributed by atoms with Gasteiger partial charge in [0.2, 0.25) is 0 Å². The third kappa shape index (κ3) is 4.50. The van der Waals surface area contributed by atoms with Crippen LogP contribution in [-0.4, -0.2) is 65.8 Å². The highest BCUT2D eigenvalue weighted by atomic mass is 35.5. The number of halogens is 2. The van der Waals surface area contributed by atoms with Gasteiger partial charge in [0.05, 0.1) is 22.9 Å². The molecular formula is C24H31ClFN5O3Si. The lowest BCUT2D eigenvalue weighted by atomic mass is 9.93. The molecule has 1 aromatic carbocycles. The van der Waals surface area contributed by atoms with Crippen LogP contribution in [0.2, 0.25) is 5.02 Å². The standard InChI is InChI=1S/C24H31ClFN5O3Si/c1-12(2)34-20-15(24(4,35)23-29-13(3)19-21(27)28-7-9-31(19)23)10-16(25)18(26)17(20)22(33)30-8-5-6-14(32)11-30/h7,9-10,12,14,32H,5-6,8,11H2,1-4,35H3,(H2,27,28)/t14-,24-/m0/s1. The summed E-state index contributed by atoms with van der Waals surface area (Å²) < 4.78 is 23.6. The Hall–Kier alpha value is -2.69. The van der Waals surface area contributed by atoms with E-state index < -0.39 is 22.9 Å². The average Bonchev–Trinajstić information content (AvgIpc) is 3.14. The summed E-state index contributed by atoms with van der Waals surface area (Å²) in [5.41, 5.74) is 7.90. The van der Waals surface area contributed by atoms with E-state index >= 15 is 4.39 Å². The van der Waals surface area contributed by atoms with Crippen LogP contribution < -0.4 is 10.5 Å². The average molecular weight is 520 g/mol. The first-order valence-corrected chi connectivity index (χ1v) is 13.1. The van der Waals surface area contributed by atoms with Crippen LogP contribution in [0.1, 0.15) is 61.1 Å². The molecule has 1 aliphatic heterocycles. The van der Waals surface area contributed by atoms with Crippen molar-refractivity contribution in [1.82, 2.24) is 19.3 Å². The van der Waals surface area contributed by atoms with E-state index in [4.69, 9.17) is 27.1 Å². The van der Waals surface area contributed by atoms with E-state index in [9.17, 15) is 9.90 Å². The molecule has 0 aliphatic carbocycles. The Morgan fingerprint density at radius 3 is 2.83 bits per heavy atom. The van der Waals surface area contributed by atoms with Gasteiger partial charge in [0.25, 0.3) is 5.91 Å². The number of nitrogen functional groups attached to an aromatic ring is 1. The lowest BCUT2D eigenvalue weighted by Crippen LogP contribution is -2.43. The number of nitrogens with two attached hydrogens (primary N) is 1. The molecule has 35 heavy (non-hydrogen) atoms. The van der Waals surface area contributed by atoms with Gasteiger partial charge in [0.15, 0.2) is 5.82 Å². The molecule has 3 heterocycles. The van der Waals surface area contributed by atoms with Gasteiger partial charge in [-0.2, -0.15) is 0 Å². The van der Waals surface area contributed by atoms with Crippen LogP contribution in [0.4, 0.5) is 10.2 Å². The van der Waals surface area contributed by atoms with Crippen molar-refractivity contribution < 1.29 is 19.0 Å². The Labute approximate surface area is 211 Å². The molecule has 188 valence electrons. The molecule has 2 atom stereocenters. The Balaban J connectivity index is 1.95. The first-order valence-electron chi connectivity index (χ1n) is 11.7. The number of nitrogens with zero attached hydrogens (tertiary/aromatic N) is 4. The predicted molar refractivity (Wildman–Crippen MR) is 137 cm³/mol. The highest BCUT2D eigenvalue weighted by molar-refractivity contribution is 6.31. The lowest BCUT2D eigenvalue weighted by molar-refractivity contribution is 0.0464. The highest BCUT2D eigenvalue weighted by Gasteiger charge is 2.38. The lowest BCUT2D eigenvalue weighted by Gasteiger charge is -2.33. The largest absolute Gasteiger partial charge is 0.490 e. The van der Waals surface area contributed by atoms with Crippen molar-refractivity contribution in [2.24, 2.45) is 0 Å². The summed E-state index contributed by atoms with van der Waals surface area (Å²) in [4.78, 5) is 24.0. The van der Waals surface area contributed by atoms with Crippen LogP contribution in [0.25, 0.3) is 5.52 Å². The number of fused-ring (bicyclic) bond motifs is 1. The van der Waals surface area contributed by atoms with Crippen molar-refractivity contribution in [1.29, 1.82) is 0 Å². The Kier molecular flexibility index (Phi) is 6.82. The van der Waals surface area contributed by atoms with Crippen LogP contribution in [0.5, 0.6) is 5.75 Å². The van der Waals surface area contributed by atoms with Gasteiger partial charge in [0, 0.05) is 46.3 Å². The fourth-order valence-electron chi connectivity index (χ4n) is 4.72. The number of aliphatic hydroxyl groups is 1. The maximum atomic E-state index is 15.5. The molecular weight excluding hydrogens is 489 g/mol. The molecule has 8 nitrogen and oxygen atoms in total. The van der Waals surface area contributed by atoms with Crippen molar-refractivity contribution in [3.05, 3.63) is 51.9 Å². The molecule has 1 amide bonds. The number of β-amino-alcohol motifs (C(OH)–C–C–N with tert-alkyl or cyclic N) is 1. The van der Waals surface area contributed by atoms with Crippen LogP contribution >= 0.6 is 11.6 Å². The Morgan fingerprint density at radius 1 is 1.46 bits per heavy atom. The summed E-state index contributed by atoms with van der Waals surface area (Å²) in [5, 5.41) is 9.20. The first-order chi connectivity index (χ1) is 16.4. The van der Waals surface area contributed by atoms with Crippen molar-refractivity contribution in [3.63, 3.8) is 0 Å². The molecule has 1 aliphatic rings. The fraction of sp³-hybridized carbons (Fsp3) is 0.458. The number of benzene rings is 1. The molecule has 0 radical (unpaired) electrons. The van der Waals surface area contributed by atoms with Gasteiger partial charge < -0.3 is 20.5 Å². The second kappa shape index (κ2) is 9.40. The molecule has 2 aromatic heterocycles. The van der Waals surface area contributed by atoms with Crippen LogP contribution in [0, 0.1) is 12.7 Å². The SMILES string of the molecule is Cc1nc([C@@](C)([SiH3])c2cc(Cl)c(F)c(C(=O)N3CCC[C@H](O)C3)c2OC(C)C)n2ccnc(N)c12. The van der Waals surface area contributed by atoms with Gasteiger partial charge in [-0.3, -0.25) is 9.20 Å². The molecule has 1 fully saturated rings. The number of piperidine rings is 1. The summed E-state index contributed by atoms with van der Waals surface area (Å²) in [7, 11) is 0.529. The minimum atomic E-state index is -0.828. The molecule has 0 saturated carbocycles. The smallest absolute Gasteiger partial charge is 0.260 e. The van der Waals surface area contributed by atoms with Gasteiger partial charge in [-0.05, 0) is 39.7 Å². The molecule has 3 aromatic rings. The number of ether oxygens (including phenoxy) is 1. The molecule has 4 rings (SSSR count). The van der Waals surface area contributed by atoms with Crippen LogP contribution in [0.15, 0.2) is 18.5 Å². The number of imidazole rings is 1. The highest BCUT2D eigenvalue weighted by Crippen LogP contribution is 2.42. The van der Waals surface area contributed by atoms with Crippen molar-refractivity contribution in [2.45, 2.75) is 57.8 Å². The van der Waals surface area contributed by atoms with Gasteiger partial charge in [-0.1, -0.05) is 18.5 Å². The van der Waals surface area contributed by atoms with E-state index in [2.05, 4.69) is 4.98 Å². The number of aryl methyl sites for hydroxylation is 1. The number of hydrogen-bond donors (Lipinski definition) is 2. The number of carbonyl (C=O) groups excluding carboxylic acids is 1. The minimum Gasteiger partial charge on any atom is -0.490 e. The summed E-state index contributed by atoms with van der Waals surface area (Å²) >= 11 is 6.39. The van der Waals surface area contributed by atoms with E-state index in [1.54, 1.807) is 12.4 Å². The number of aliphatic hydroxyl groups excluding tert-OH is 1. The number of hydrogen-bond acceptors (Lipinski definition) is 6. The third-order valence-electron chi connectivity index (χ3n) is 6.41. The number of likely N-dealkylation sites (tertiary alicyclic amines) is 1. The maximum absolute atomic E-state index is 15.5. The predicted octanol–water partition coefficient (Wildman–Crippen LogP) is 2.43. The van der Waals surface area contributed by atoms with Gasteiger partial charge in [-0.25, -0.2) is 14.4 Å². The number of rotatable bonds is 5. The number of carbonyl (C=O) groups is 1. The third-order valence-corrected chi connectivity index (χ3v) is 7.67. The number of anilines is 1.